The lowest BCUT2D eigenvalue weighted by molar-refractivity contribution is -0.163. The van der Waals surface area contributed by atoms with Gasteiger partial charge in [-0.05, 0) is 50.8 Å². The van der Waals surface area contributed by atoms with E-state index in [2.05, 4.69) is 6.92 Å². The van der Waals surface area contributed by atoms with Crippen molar-refractivity contribution in [2.75, 3.05) is 31.1 Å². The van der Waals surface area contributed by atoms with Gasteiger partial charge in [0.2, 0.25) is 5.91 Å². The van der Waals surface area contributed by atoms with Crippen LogP contribution in [0.25, 0.3) is 0 Å². The normalized spacial score (nSPS) is 20.2. The second-order valence-electron chi connectivity index (χ2n) is 8.36. The van der Waals surface area contributed by atoms with Gasteiger partial charge < -0.3 is 19.3 Å². The second kappa shape index (κ2) is 10.6. The Morgan fingerprint density at radius 1 is 1.03 bits per heavy atom. The fourth-order valence-electron chi connectivity index (χ4n) is 4.20. The number of amides is 2. The minimum atomic E-state index is -0.936. The van der Waals surface area contributed by atoms with Gasteiger partial charge in [-0.2, -0.15) is 0 Å². The average Bonchev–Trinajstić information content (AvgIpc) is 3.20. The highest BCUT2D eigenvalue weighted by atomic mass is 16.5. The number of benzene rings is 1. The van der Waals surface area contributed by atoms with Crippen LogP contribution in [-0.4, -0.2) is 61.0 Å². The molecule has 0 N–H and O–H groups in total. The fourth-order valence-corrected chi connectivity index (χ4v) is 4.20. The molecule has 1 aromatic carbocycles. The van der Waals surface area contributed by atoms with Gasteiger partial charge in [-0.1, -0.05) is 19.1 Å². The van der Waals surface area contributed by atoms with Crippen LogP contribution in [-0.2, 0) is 35.1 Å². The zero-order valence-electron chi connectivity index (χ0n) is 19.0. The first-order chi connectivity index (χ1) is 15.3. The molecule has 2 aliphatic rings. The third-order valence-corrected chi connectivity index (χ3v) is 6.18. The van der Waals surface area contributed by atoms with Crippen molar-refractivity contribution in [2.24, 2.45) is 11.8 Å². The van der Waals surface area contributed by atoms with Crippen molar-refractivity contribution >= 4 is 29.4 Å². The number of nitrogens with zero attached hydrogens (tertiary/aromatic N) is 2. The molecular weight excluding hydrogens is 412 g/mol. The number of ether oxygens (including phenoxy) is 2. The molecule has 32 heavy (non-hydrogen) atoms. The molecule has 174 valence electrons. The summed E-state index contributed by atoms with van der Waals surface area (Å²) in [5.41, 5.74) is 1.94. The first-order valence-corrected chi connectivity index (χ1v) is 11.4. The minimum absolute atomic E-state index is 0.0697. The highest BCUT2D eigenvalue weighted by molar-refractivity contribution is 5.99. The topological polar surface area (TPSA) is 93.2 Å². The van der Waals surface area contributed by atoms with Crippen molar-refractivity contribution < 1.29 is 28.7 Å². The number of likely N-dealkylation sites (tertiary alicyclic amines) is 1. The first kappa shape index (κ1) is 23.8. The number of carbonyl (C=O) groups excluding carboxylic acids is 4. The lowest BCUT2D eigenvalue weighted by Crippen LogP contribution is -2.46. The Bertz CT molecular complexity index is 845. The molecular formula is C24H32N2O6. The largest absolute Gasteiger partial charge is 0.466 e. The summed E-state index contributed by atoms with van der Waals surface area (Å²) in [5.74, 6) is -1.96. The summed E-state index contributed by atoms with van der Waals surface area (Å²) in [6.07, 6.45) is 1.12. The van der Waals surface area contributed by atoms with Crippen molar-refractivity contribution in [3.8, 4) is 0 Å². The van der Waals surface area contributed by atoms with E-state index in [0.29, 0.717) is 32.5 Å². The van der Waals surface area contributed by atoms with Crippen LogP contribution in [0.2, 0.25) is 0 Å². The standard InChI is InChI=1S/C24H32N2O6/c1-4-17-6-8-20(9-7-17)26-15-19(14-21(26)27)24(30)32-16(3)22(28)25-12-10-18(11-13-25)23(29)31-5-2/h6-9,16,18-19H,4-5,10-15H2,1-3H3/t16-,19+/m0/s1. The van der Waals surface area contributed by atoms with Crippen LogP contribution in [0, 0.1) is 11.8 Å². The van der Waals surface area contributed by atoms with E-state index >= 15 is 0 Å². The predicted octanol–water partition coefficient (Wildman–Crippen LogP) is 2.34. The van der Waals surface area contributed by atoms with Gasteiger partial charge in [0.05, 0.1) is 18.4 Å². The molecule has 2 aliphatic heterocycles. The van der Waals surface area contributed by atoms with E-state index in [1.165, 1.54) is 5.56 Å². The molecule has 0 unspecified atom stereocenters. The van der Waals surface area contributed by atoms with Gasteiger partial charge in [0, 0.05) is 31.7 Å². The minimum Gasteiger partial charge on any atom is -0.466 e. The van der Waals surface area contributed by atoms with E-state index in [1.807, 2.05) is 24.3 Å². The Morgan fingerprint density at radius 3 is 2.28 bits per heavy atom. The van der Waals surface area contributed by atoms with Crippen molar-refractivity contribution in [1.82, 2.24) is 4.90 Å². The molecule has 0 aromatic heterocycles. The second-order valence-corrected chi connectivity index (χ2v) is 8.36. The zero-order chi connectivity index (χ0) is 23.3. The number of rotatable bonds is 7. The van der Waals surface area contributed by atoms with Gasteiger partial charge in [0.15, 0.2) is 6.10 Å². The molecule has 2 saturated heterocycles. The van der Waals surface area contributed by atoms with E-state index in [0.717, 1.165) is 12.1 Å². The van der Waals surface area contributed by atoms with E-state index in [4.69, 9.17) is 9.47 Å². The van der Waals surface area contributed by atoms with Gasteiger partial charge >= 0.3 is 11.9 Å². The Balaban J connectivity index is 1.50. The molecule has 2 heterocycles. The van der Waals surface area contributed by atoms with Crippen molar-refractivity contribution in [3.63, 3.8) is 0 Å². The Kier molecular flexibility index (Phi) is 7.88. The SMILES string of the molecule is CCOC(=O)C1CCN(C(=O)[C@H](C)OC(=O)[C@@H]2CC(=O)N(c3ccc(CC)cc3)C2)CC1. The lowest BCUT2D eigenvalue weighted by atomic mass is 9.96. The highest BCUT2D eigenvalue weighted by Gasteiger charge is 2.38. The van der Waals surface area contributed by atoms with E-state index in [1.54, 1.807) is 23.6 Å². The number of carbonyl (C=O) groups is 4. The molecule has 2 fully saturated rings. The number of anilines is 1. The maximum absolute atomic E-state index is 12.7. The molecule has 0 saturated carbocycles. The van der Waals surface area contributed by atoms with Crippen LogP contribution in [0.15, 0.2) is 24.3 Å². The van der Waals surface area contributed by atoms with Crippen LogP contribution in [0.3, 0.4) is 0 Å². The number of hydrogen-bond acceptors (Lipinski definition) is 6. The van der Waals surface area contributed by atoms with Gasteiger partial charge in [-0.25, -0.2) is 0 Å². The molecule has 0 aliphatic carbocycles. The van der Waals surface area contributed by atoms with Gasteiger partial charge in [-0.3, -0.25) is 19.2 Å². The molecule has 0 radical (unpaired) electrons. The molecule has 2 amide bonds. The summed E-state index contributed by atoms with van der Waals surface area (Å²) in [4.78, 5) is 52.9. The summed E-state index contributed by atoms with van der Waals surface area (Å²) in [5, 5.41) is 0. The number of piperidine rings is 1. The van der Waals surface area contributed by atoms with Crippen LogP contribution < -0.4 is 4.90 Å². The monoisotopic (exact) mass is 444 g/mol. The summed E-state index contributed by atoms with van der Waals surface area (Å²) in [6, 6.07) is 7.72. The first-order valence-electron chi connectivity index (χ1n) is 11.4. The van der Waals surface area contributed by atoms with Crippen LogP contribution in [0.4, 0.5) is 5.69 Å². The summed E-state index contributed by atoms with van der Waals surface area (Å²) < 4.78 is 10.5. The summed E-state index contributed by atoms with van der Waals surface area (Å²) >= 11 is 0. The Hall–Kier alpha value is -2.90. The fraction of sp³-hybridized carbons (Fsp3) is 0.583. The zero-order valence-corrected chi connectivity index (χ0v) is 19.0. The van der Waals surface area contributed by atoms with Crippen LogP contribution in [0.1, 0.15) is 45.6 Å². The Labute approximate surface area is 188 Å². The van der Waals surface area contributed by atoms with Crippen LogP contribution >= 0.6 is 0 Å². The molecule has 0 bridgehead atoms. The molecule has 8 nitrogen and oxygen atoms in total. The van der Waals surface area contributed by atoms with Crippen LogP contribution in [0.5, 0.6) is 0 Å². The summed E-state index contributed by atoms with van der Waals surface area (Å²) in [7, 11) is 0. The van der Waals surface area contributed by atoms with E-state index in [-0.39, 0.29) is 36.7 Å². The maximum Gasteiger partial charge on any atom is 0.312 e. The smallest absolute Gasteiger partial charge is 0.312 e. The summed E-state index contributed by atoms with van der Waals surface area (Å²) in [6.45, 7) is 6.82. The van der Waals surface area contributed by atoms with E-state index in [9.17, 15) is 19.2 Å². The van der Waals surface area contributed by atoms with Crippen molar-refractivity contribution in [2.45, 2.75) is 52.6 Å². The molecule has 0 spiro atoms. The number of esters is 2. The molecule has 1 aromatic rings. The molecule has 2 atom stereocenters. The Morgan fingerprint density at radius 2 is 1.69 bits per heavy atom. The number of aryl methyl sites for hydroxylation is 1. The van der Waals surface area contributed by atoms with Crippen molar-refractivity contribution in [1.29, 1.82) is 0 Å². The molecule has 8 heteroatoms. The third-order valence-electron chi connectivity index (χ3n) is 6.18. The number of hydrogen-bond donors (Lipinski definition) is 0. The van der Waals surface area contributed by atoms with Crippen molar-refractivity contribution in [3.05, 3.63) is 29.8 Å². The third kappa shape index (κ3) is 5.47. The van der Waals surface area contributed by atoms with Gasteiger partial charge in [0.1, 0.15) is 0 Å². The van der Waals surface area contributed by atoms with E-state index < -0.39 is 18.0 Å². The predicted molar refractivity (Wildman–Crippen MR) is 118 cm³/mol. The van der Waals surface area contributed by atoms with Gasteiger partial charge in [-0.15, -0.1) is 0 Å². The quantitative estimate of drug-likeness (QED) is 0.600. The lowest BCUT2D eigenvalue weighted by Gasteiger charge is -2.32. The average molecular weight is 445 g/mol. The molecule has 3 rings (SSSR count). The maximum atomic E-state index is 12.7. The van der Waals surface area contributed by atoms with Gasteiger partial charge in [0.25, 0.3) is 5.91 Å². The highest BCUT2D eigenvalue weighted by Crippen LogP contribution is 2.27.